The van der Waals surface area contributed by atoms with E-state index in [1.807, 2.05) is 0 Å². The molecule has 0 aromatic heterocycles. The van der Waals surface area contributed by atoms with E-state index in [1.54, 1.807) is 0 Å². The summed E-state index contributed by atoms with van der Waals surface area (Å²) in [6.45, 7) is 0. The van der Waals surface area contributed by atoms with Crippen molar-refractivity contribution < 1.29 is 40.0 Å². The van der Waals surface area contributed by atoms with Crippen LogP contribution in [-0.2, 0) is 10.4 Å². The van der Waals surface area contributed by atoms with Gasteiger partial charge in [-0.15, -0.1) is 0 Å². The monoisotopic (exact) mass is 527 g/mol. The molecule has 0 atom stereocenters. The zero-order chi connectivity index (χ0) is 20.7. The van der Waals surface area contributed by atoms with Crippen LogP contribution in [0.5, 0.6) is 0 Å². The van der Waals surface area contributed by atoms with Crippen LogP contribution in [0, 0.1) is 33.4 Å². The zero-order valence-corrected chi connectivity index (χ0v) is 16.0. The van der Waals surface area contributed by atoms with Gasteiger partial charge in [0.25, 0.3) is 5.69 Å². The fourth-order valence-electron chi connectivity index (χ4n) is 1.12. The van der Waals surface area contributed by atoms with Crippen LogP contribution in [0.3, 0.4) is 0 Å². The van der Waals surface area contributed by atoms with Gasteiger partial charge in [-0.1, -0.05) is 15.9 Å². The van der Waals surface area contributed by atoms with Gasteiger partial charge in [0, 0.05) is 4.47 Å². The first-order chi connectivity index (χ1) is 11.7. The van der Waals surface area contributed by atoms with Crippen molar-refractivity contribution in [1.29, 1.82) is 0 Å². The maximum Gasteiger partial charge on any atom is 0.394 e. The molecule has 0 radical (unpaired) electrons. The minimum absolute atomic E-state index is 0.0774. The first-order valence-electron chi connectivity index (χ1n) is 5.81. The van der Waals surface area contributed by atoms with Crippen molar-refractivity contribution in [1.82, 2.24) is 0 Å². The molecule has 26 heavy (non-hydrogen) atoms. The number of nitro groups is 1. The number of benzene rings is 2. The fourth-order valence-corrected chi connectivity index (χ4v) is 1.92. The summed E-state index contributed by atoms with van der Waals surface area (Å²) in [6.07, 6.45) is 0. The number of nitro benzene ring substituents is 1. The second-order valence-corrected chi connectivity index (χ2v) is 6.65. The third-order valence-corrected chi connectivity index (χ3v) is 3.20. The number of rotatable bonds is 1. The van der Waals surface area contributed by atoms with Crippen molar-refractivity contribution in [2.45, 2.75) is 0 Å². The van der Waals surface area contributed by atoms with Gasteiger partial charge in [-0.2, -0.15) is 8.42 Å². The van der Waals surface area contributed by atoms with Crippen LogP contribution < -0.4 is 0 Å². The summed E-state index contributed by atoms with van der Waals surface area (Å²) in [4.78, 5) is 9.37. The number of nitrogens with zero attached hydrogens (tertiary/aromatic N) is 1. The van der Waals surface area contributed by atoms with Crippen LogP contribution in [0.2, 0.25) is 0 Å². The van der Waals surface area contributed by atoms with Crippen LogP contribution in [0.4, 0.5) is 23.2 Å². The molecule has 0 spiro atoms. The topological polar surface area (TPSA) is 118 Å². The third-order valence-electron chi connectivity index (χ3n) is 2.07. The summed E-state index contributed by atoms with van der Waals surface area (Å²) in [7, 11) is -4.67. The highest BCUT2D eigenvalue weighted by Crippen LogP contribution is 2.26. The minimum atomic E-state index is -4.67. The summed E-state index contributed by atoms with van der Waals surface area (Å²) in [5, 5.41) is 10.2. The molecule has 0 fully saturated rings. The molecule has 14 heteroatoms. The lowest BCUT2D eigenvalue weighted by Crippen LogP contribution is -1.92. The molecule has 2 rings (SSSR count). The smallest absolute Gasteiger partial charge is 0.264 e. The molecule has 0 aliphatic rings. The number of hydrogen-bond acceptors (Lipinski definition) is 4. The largest absolute Gasteiger partial charge is 0.394 e. The Balaban J connectivity index is 0.000000394. The minimum Gasteiger partial charge on any atom is -0.264 e. The normalized spacial score (nSPS) is 10.2. The van der Waals surface area contributed by atoms with E-state index in [4.69, 9.17) is 17.5 Å². The van der Waals surface area contributed by atoms with E-state index in [2.05, 4.69) is 31.9 Å². The second-order valence-electron chi connectivity index (χ2n) is 3.98. The van der Waals surface area contributed by atoms with Gasteiger partial charge in [-0.3, -0.25) is 19.2 Å². The molecule has 0 aliphatic carbocycles. The molecular formula is C12H7Br2F4NO6S. The summed E-state index contributed by atoms with van der Waals surface area (Å²) in [6, 6.07) is 4.83. The van der Waals surface area contributed by atoms with E-state index >= 15 is 0 Å². The predicted octanol–water partition coefficient (Wildman–Crippen LogP) is 4.71. The standard InChI is InChI=1S/C6H2BrF2NO2.C6H3BrF2.H2O4S/c7-3-1-4(8)5(9)2-6(3)10(11)12;7-4-1-2-5(8)6(9)3-4;1-5(2,3)4/h1-2H;1-3H;(H2,1,2,3,4). The van der Waals surface area contributed by atoms with Crippen LogP contribution in [0.25, 0.3) is 0 Å². The summed E-state index contributed by atoms with van der Waals surface area (Å²) < 4.78 is 81.1. The quantitative estimate of drug-likeness (QED) is 0.182. The molecule has 0 unspecified atom stereocenters. The molecule has 0 aliphatic heterocycles. The van der Waals surface area contributed by atoms with Crippen LogP contribution >= 0.6 is 31.9 Å². The molecule has 2 aromatic carbocycles. The summed E-state index contributed by atoms with van der Waals surface area (Å²) in [5.41, 5.74) is -0.492. The van der Waals surface area contributed by atoms with Crippen molar-refractivity contribution in [2.24, 2.45) is 0 Å². The lowest BCUT2D eigenvalue weighted by Gasteiger charge is -1.95. The SMILES string of the molecule is Fc1ccc(Br)cc1F.O=S(=O)(O)O.O=[N+]([O-])c1cc(F)c(F)cc1Br. The Bertz CT molecular complexity index is 890. The van der Waals surface area contributed by atoms with Crippen molar-refractivity contribution in [2.75, 3.05) is 0 Å². The summed E-state index contributed by atoms with van der Waals surface area (Å²) in [5.74, 6) is -4.00. The Kier molecular flexibility index (Phi) is 9.87. The molecule has 0 saturated carbocycles. The highest BCUT2D eigenvalue weighted by molar-refractivity contribution is 9.10. The van der Waals surface area contributed by atoms with Crippen molar-refractivity contribution in [3.63, 3.8) is 0 Å². The first-order valence-corrected chi connectivity index (χ1v) is 8.80. The Morgan fingerprint density at radius 1 is 0.885 bits per heavy atom. The lowest BCUT2D eigenvalue weighted by atomic mass is 10.3. The van der Waals surface area contributed by atoms with Gasteiger partial charge in [-0.05, 0) is 40.2 Å². The van der Waals surface area contributed by atoms with Gasteiger partial charge in [0.2, 0.25) is 0 Å². The van der Waals surface area contributed by atoms with Crippen molar-refractivity contribution in [3.8, 4) is 0 Å². The van der Waals surface area contributed by atoms with Crippen LogP contribution in [0.15, 0.2) is 39.3 Å². The average molecular weight is 529 g/mol. The van der Waals surface area contributed by atoms with E-state index in [1.165, 1.54) is 6.07 Å². The molecule has 2 aromatic rings. The molecule has 0 saturated heterocycles. The third kappa shape index (κ3) is 10.4. The lowest BCUT2D eigenvalue weighted by molar-refractivity contribution is -0.385. The molecule has 2 N–H and O–H groups in total. The van der Waals surface area contributed by atoms with Gasteiger partial charge < -0.3 is 0 Å². The predicted molar refractivity (Wildman–Crippen MR) is 88.9 cm³/mol. The highest BCUT2D eigenvalue weighted by Gasteiger charge is 2.16. The Morgan fingerprint density at radius 3 is 1.69 bits per heavy atom. The number of halogens is 6. The van der Waals surface area contributed by atoms with Gasteiger partial charge in [0.1, 0.15) is 0 Å². The first kappa shape index (κ1) is 24.4. The van der Waals surface area contributed by atoms with Gasteiger partial charge in [-0.25, -0.2) is 17.6 Å². The van der Waals surface area contributed by atoms with Crippen LogP contribution in [0.1, 0.15) is 0 Å². The van der Waals surface area contributed by atoms with Gasteiger partial charge >= 0.3 is 10.4 Å². The van der Waals surface area contributed by atoms with E-state index in [-0.39, 0.29) is 4.47 Å². The fraction of sp³-hybridized carbons (Fsp3) is 0. The van der Waals surface area contributed by atoms with Crippen molar-refractivity contribution >= 4 is 47.9 Å². The molecule has 0 heterocycles. The Labute approximate surface area is 160 Å². The average Bonchev–Trinajstić information content (AvgIpc) is 2.46. The Morgan fingerprint density at radius 2 is 1.31 bits per heavy atom. The maximum atomic E-state index is 12.4. The van der Waals surface area contributed by atoms with Gasteiger partial charge in [0.15, 0.2) is 23.3 Å². The van der Waals surface area contributed by atoms with E-state index in [9.17, 15) is 27.7 Å². The zero-order valence-electron chi connectivity index (χ0n) is 12.0. The summed E-state index contributed by atoms with van der Waals surface area (Å²) >= 11 is 5.72. The molecule has 144 valence electrons. The molecule has 0 bridgehead atoms. The van der Waals surface area contributed by atoms with E-state index < -0.39 is 44.3 Å². The van der Waals surface area contributed by atoms with E-state index in [0.29, 0.717) is 16.6 Å². The number of hydrogen-bond donors (Lipinski definition) is 2. The van der Waals surface area contributed by atoms with Crippen LogP contribution in [-0.4, -0.2) is 22.4 Å². The molecular weight excluding hydrogens is 522 g/mol. The Hall–Kier alpha value is -1.61. The van der Waals surface area contributed by atoms with E-state index in [0.717, 1.165) is 12.1 Å². The molecule has 0 amide bonds. The molecule has 7 nitrogen and oxygen atoms in total. The second kappa shape index (κ2) is 10.5. The van der Waals surface area contributed by atoms with Crippen molar-refractivity contribution in [3.05, 3.63) is 72.7 Å². The van der Waals surface area contributed by atoms with Gasteiger partial charge in [0.05, 0.1) is 15.5 Å². The maximum absolute atomic E-state index is 12.4. The highest BCUT2D eigenvalue weighted by atomic mass is 79.9.